The highest BCUT2D eigenvalue weighted by Gasteiger charge is 2.45. The summed E-state index contributed by atoms with van der Waals surface area (Å²) in [5, 5.41) is 1.10. The average molecular weight is 791 g/mol. The van der Waals surface area contributed by atoms with Gasteiger partial charge in [0.2, 0.25) is 10.0 Å². The minimum absolute atomic E-state index is 0.0432. The van der Waals surface area contributed by atoms with E-state index in [2.05, 4.69) is 0 Å². The van der Waals surface area contributed by atoms with Crippen molar-refractivity contribution in [3.05, 3.63) is 93.0 Å². The summed E-state index contributed by atoms with van der Waals surface area (Å²) in [5.41, 5.74) is 2.55. The first kappa shape index (κ1) is 38.5. The highest BCUT2D eigenvalue weighted by Crippen LogP contribution is 2.46. The zero-order valence-corrected chi connectivity index (χ0v) is 32.8. The van der Waals surface area contributed by atoms with E-state index in [1.165, 1.54) is 6.26 Å². The minimum Gasteiger partial charge on any atom is -0.493 e. The Morgan fingerprint density at radius 1 is 0.846 bits per heavy atom. The highest BCUT2D eigenvalue weighted by atomic mass is 35.5. The first-order valence-corrected chi connectivity index (χ1v) is 21.9. The Kier molecular flexibility index (Phi) is 11.9. The van der Waals surface area contributed by atoms with Crippen LogP contribution >= 0.6 is 23.2 Å². The van der Waals surface area contributed by atoms with Crippen LogP contribution in [-0.4, -0.2) is 112 Å². The first-order valence-electron chi connectivity index (χ1n) is 17.6. The molecule has 2 fully saturated rings. The van der Waals surface area contributed by atoms with Crippen LogP contribution in [0.3, 0.4) is 0 Å². The van der Waals surface area contributed by atoms with Crippen molar-refractivity contribution in [2.24, 2.45) is 4.99 Å². The molecule has 0 N–H and O–H groups in total. The van der Waals surface area contributed by atoms with Crippen molar-refractivity contribution in [1.29, 1.82) is 0 Å². The number of aliphatic imine (C=N–C) groups is 1. The summed E-state index contributed by atoms with van der Waals surface area (Å²) in [6, 6.07) is 16.5. The molecule has 3 aromatic rings. The summed E-state index contributed by atoms with van der Waals surface area (Å²) >= 11 is 12.7. The first-order chi connectivity index (χ1) is 24.8. The van der Waals surface area contributed by atoms with Gasteiger partial charge >= 0.3 is 6.03 Å². The van der Waals surface area contributed by atoms with Crippen LogP contribution < -0.4 is 4.74 Å². The van der Waals surface area contributed by atoms with E-state index in [0.29, 0.717) is 85.2 Å². The number of carbonyl (C=O) groups is 1. The third kappa shape index (κ3) is 8.45. The zero-order chi connectivity index (χ0) is 37.2. The van der Waals surface area contributed by atoms with Crippen molar-refractivity contribution in [1.82, 2.24) is 19.0 Å². The molecule has 3 aromatic carbocycles. The number of hydrogen-bond acceptors (Lipinski definition) is 8. The molecule has 3 aliphatic rings. The Labute approximate surface area is 317 Å². The second-order valence-corrected chi connectivity index (χ2v) is 18.6. The summed E-state index contributed by atoms with van der Waals surface area (Å²) in [5.74, 6) is 0.760. The minimum atomic E-state index is -3.87. The summed E-state index contributed by atoms with van der Waals surface area (Å²) in [7, 11) is -7.00. The van der Waals surface area contributed by atoms with Crippen LogP contribution in [0.5, 0.6) is 5.75 Å². The maximum atomic E-state index is 15.0. The summed E-state index contributed by atoms with van der Waals surface area (Å²) < 4.78 is 59.7. The number of urea groups is 1. The van der Waals surface area contributed by atoms with Gasteiger partial charge in [-0.3, -0.25) is 14.8 Å². The number of sulfonamides is 1. The predicted molar refractivity (Wildman–Crippen MR) is 205 cm³/mol. The van der Waals surface area contributed by atoms with Gasteiger partial charge in [-0.05, 0) is 79.8 Å². The number of carbonyl (C=O) groups excluding carboxylic acids is 1. The lowest BCUT2D eigenvalue weighted by atomic mass is 9.93. The second-order valence-electron chi connectivity index (χ2n) is 13.6. The van der Waals surface area contributed by atoms with Gasteiger partial charge in [-0.1, -0.05) is 53.9 Å². The van der Waals surface area contributed by atoms with Crippen LogP contribution in [0, 0.1) is 6.92 Å². The molecule has 0 aliphatic carbocycles. The second kappa shape index (κ2) is 16.0. The summed E-state index contributed by atoms with van der Waals surface area (Å²) in [4.78, 5) is 25.9. The smallest absolute Gasteiger partial charge is 0.326 e. The van der Waals surface area contributed by atoms with Gasteiger partial charge in [0.05, 0.1) is 28.9 Å². The molecule has 280 valence electrons. The fourth-order valence-corrected chi connectivity index (χ4v) is 9.69. The van der Waals surface area contributed by atoms with E-state index in [4.69, 9.17) is 32.9 Å². The molecular weight excluding hydrogens is 745 g/mol. The molecule has 11 nitrogen and oxygen atoms in total. The SMILES string of the molecule is CCOc1cc(C)c(S(=O)(=O)N2CCCCC2)cc1C1=N[C@@H](c2ccc(Cl)cc2)[C@@H](c2ccc(Cl)cc2)N1C(=O)N1CCN(CCS(C)(=O)=O)CC1. The highest BCUT2D eigenvalue weighted by molar-refractivity contribution is 7.90. The molecule has 0 radical (unpaired) electrons. The van der Waals surface area contributed by atoms with E-state index in [9.17, 15) is 21.6 Å². The van der Waals surface area contributed by atoms with Crippen LogP contribution in [0.15, 0.2) is 70.6 Å². The number of nitrogens with zero attached hydrogens (tertiary/aromatic N) is 5. The van der Waals surface area contributed by atoms with Crippen LogP contribution in [0.1, 0.15) is 60.5 Å². The number of halogens is 2. The normalized spacial score (nSPS) is 20.6. The van der Waals surface area contributed by atoms with E-state index >= 15 is 0 Å². The molecular formula is C37H45Cl2N5O6S2. The predicted octanol–water partition coefficient (Wildman–Crippen LogP) is 6.20. The topological polar surface area (TPSA) is 120 Å². The summed E-state index contributed by atoms with van der Waals surface area (Å²) in [6.07, 6.45) is 3.80. The number of aryl methyl sites for hydroxylation is 1. The molecule has 0 spiro atoms. The Balaban J connectivity index is 1.49. The Hall–Kier alpha value is -3.20. The van der Waals surface area contributed by atoms with E-state index in [1.54, 1.807) is 57.4 Å². The monoisotopic (exact) mass is 789 g/mol. The number of hydrogen-bond donors (Lipinski definition) is 0. The third-order valence-corrected chi connectivity index (χ3v) is 13.3. The quantitative estimate of drug-likeness (QED) is 0.240. The van der Waals surface area contributed by atoms with Crippen molar-refractivity contribution >= 4 is 54.9 Å². The van der Waals surface area contributed by atoms with E-state index in [1.807, 2.05) is 36.1 Å². The maximum Gasteiger partial charge on any atom is 0.326 e. The number of ether oxygens (including phenoxy) is 1. The van der Waals surface area contributed by atoms with Crippen LogP contribution in [0.4, 0.5) is 4.79 Å². The van der Waals surface area contributed by atoms with Crippen LogP contribution in [0.25, 0.3) is 0 Å². The van der Waals surface area contributed by atoms with Crippen LogP contribution in [-0.2, 0) is 19.9 Å². The number of piperazine rings is 1. The van der Waals surface area contributed by atoms with Gasteiger partial charge in [-0.25, -0.2) is 21.6 Å². The number of amidine groups is 1. The molecule has 0 aromatic heterocycles. The number of benzene rings is 3. The number of rotatable bonds is 10. The molecule has 2 atom stereocenters. The van der Waals surface area contributed by atoms with Gasteiger partial charge in [-0.2, -0.15) is 4.31 Å². The number of sulfone groups is 1. The molecule has 0 saturated carbocycles. The number of piperidine rings is 1. The molecule has 3 aliphatic heterocycles. The molecule has 52 heavy (non-hydrogen) atoms. The molecule has 2 saturated heterocycles. The van der Waals surface area contributed by atoms with Crippen molar-refractivity contribution in [2.75, 3.05) is 64.4 Å². The van der Waals surface area contributed by atoms with Gasteiger partial charge < -0.3 is 9.64 Å². The average Bonchev–Trinajstić information content (AvgIpc) is 3.52. The lowest BCUT2D eigenvalue weighted by Crippen LogP contribution is -2.54. The molecule has 2 amide bonds. The van der Waals surface area contributed by atoms with Crippen molar-refractivity contribution < 1.29 is 26.4 Å². The molecule has 0 bridgehead atoms. The van der Waals surface area contributed by atoms with Gasteiger partial charge in [-0.15, -0.1) is 0 Å². The molecule has 15 heteroatoms. The number of amides is 2. The largest absolute Gasteiger partial charge is 0.493 e. The Morgan fingerprint density at radius 3 is 2.02 bits per heavy atom. The van der Waals surface area contributed by atoms with Gasteiger partial charge in [0.1, 0.15) is 27.5 Å². The Bertz CT molecular complexity index is 2010. The third-order valence-electron chi connectivity index (χ3n) is 9.87. The van der Waals surface area contributed by atoms with E-state index in [-0.39, 0.29) is 16.7 Å². The molecule has 6 rings (SSSR count). The van der Waals surface area contributed by atoms with Crippen molar-refractivity contribution in [3.8, 4) is 5.75 Å². The van der Waals surface area contributed by atoms with Crippen LogP contribution in [0.2, 0.25) is 10.0 Å². The van der Waals surface area contributed by atoms with E-state index < -0.39 is 31.9 Å². The van der Waals surface area contributed by atoms with Crippen molar-refractivity contribution in [2.45, 2.75) is 50.1 Å². The lowest BCUT2D eigenvalue weighted by molar-refractivity contribution is 0.122. The molecule has 0 unspecified atom stereocenters. The lowest BCUT2D eigenvalue weighted by Gasteiger charge is -2.39. The molecule has 3 heterocycles. The standard InChI is InChI=1S/C37H45Cl2N5O6S2/c1-4-50-32-24-26(2)33(52(48,49)43-16-6-5-7-17-43)25-31(32)36-40-34(27-8-12-29(38)13-9-27)35(28-10-14-30(39)15-11-28)44(36)37(45)42-20-18-41(19-21-42)22-23-51(3,46)47/h8-15,24-25,34-35H,4-7,16-23H2,1-3H3/t34-,35+/m0/s1. The van der Waals surface area contributed by atoms with Crippen molar-refractivity contribution in [3.63, 3.8) is 0 Å². The fraction of sp³-hybridized carbons (Fsp3) is 0.459. The zero-order valence-electron chi connectivity index (χ0n) is 29.7. The van der Waals surface area contributed by atoms with Gasteiger partial charge in [0.15, 0.2) is 0 Å². The van der Waals surface area contributed by atoms with Gasteiger partial charge in [0.25, 0.3) is 0 Å². The summed E-state index contributed by atoms with van der Waals surface area (Å²) in [6.45, 7) is 6.94. The van der Waals surface area contributed by atoms with Gasteiger partial charge in [0, 0.05) is 62.1 Å². The Morgan fingerprint density at radius 2 is 1.44 bits per heavy atom. The maximum absolute atomic E-state index is 15.0. The fourth-order valence-electron chi connectivity index (χ4n) is 7.10. The van der Waals surface area contributed by atoms with E-state index in [0.717, 1.165) is 30.4 Å².